The molecule has 94 valence electrons. The Morgan fingerprint density at radius 2 is 2.38 bits per heavy atom. The standard InChI is InChI=1S/C11H22N2O3/c1-8(14)3-2-6-13-11(15)10-5-4-9(7-12)16-10/h8-10,14H,2-7,12H2,1H3,(H,13,15). The second-order valence-electron chi connectivity index (χ2n) is 4.34. The van der Waals surface area contributed by atoms with Gasteiger partial charge >= 0.3 is 0 Å². The SMILES string of the molecule is CC(O)CCCNC(=O)C1CCC(CN)O1. The van der Waals surface area contributed by atoms with E-state index in [9.17, 15) is 4.79 Å². The van der Waals surface area contributed by atoms with Crippen LogP contribution in [0.1, 0.15) is 32.6 Å². The quantitative estimate of drug-likeness (QED) is 0.550. The van der Waals surface area contributed by atoms with E-state index in [0.29, 0.717) is 19.5 Å². The summed E-state index contributed by atoms with van der Waals surface area (Å²) in [6, 6.07) is 0. The van der Waals surface area contributed by atoms with Gasteiger partial charge in [0.05, 0.1) is 12.2 Å². The lowest BCUT2D eigenvalue weighted by Gasteiger charge is -2.12. The largest absolute Gasteiger partial charge is 0.393 e. The van der Waals surface area contributed by atoms with Crippen molar-refractivity contribution in [3.8, 4) is 0 Å². The Morgan fingerprint density at radius 3 is 2.94 bits per heavy atom. The zero-order valence-electron chi connectivity index (χ0n) is 9.82. The molecule has 0 aromatic carbocycles. The molecule has 0 aromatic heterocycles. The Hall–Kier alpha value is -0.650. The molecule has 1 saturated heterocycles. The van der Waals surface area contributed by atoms with Crippen molar-refractivity contribution < 1.29 is 14.6 Å². The van der Waals surface area contributed by atoms with E-state index in [-0.39, 0.29) is 24.2 Å². The maximum absolute atomic E-state index is 11.6. The van der Waals surface area contributed by atoms with Gasteiger partial charge in [-0.2, -0.15) is 0 Å². The number of carbonyl (C=O) groups is 1. The average molecular weight is 230 g/mol. The topological polar surface area (TPSA) is 84.6 Å². The fourth-order valence-corrected chi connectivity index (χ4v) is 1.79. The molecular formula is C11H22N2O3. The van der Waals surface area contributed by atoms with Crippen molar-refractivity contribution in [2.24, 2.45) is 5.73 Å². The third-order valence-electron chi connectivity index (χ3n) is 2.76. The second-order valence-corrected chi connectivity index (χ2v) is 4.34. The summed E-state index contributed by atoms with van der Waals surface area (Å²) in [6.07, 6.45) is 2.51. The van der Waals surface area contributed by atoms with Crippen LogP contribution >= 0.6 is 0 Å². The highest BCUT2D eigenvalue weighted by molar-refractivity contribution is 5.80. The smallest absolute Gasteiger partial charge is 0.249 e. The number of hydrogen-bond donors (Lipinski definition) is 3. The number of aliphatic hydroxyl groups is 1. The van der Waals surface area contributed by atoms with Crippen LogP contribution in [0.5, 0.6) is 0 Å². The van der Waals surface area contributed by atoms with Gasteiger partial charge in [0, 0.05) is 13.1 Å². The van der Waals surface area contributed by atoms with Crippen molar-refractivity contribution in [2.45, 2.75) is 50.9 Å². The van der Waals surface area contributed by atoms with Crippen molar-refractivity contribution in [1.29, 1.82) is 0 Å². The van der Waals surface area contributed by atoms with Crippen molar-refractivity contribution in [3.63, 3.8) is 0 Å². The van der Waals surface area contributed by atoms with Crippen LogP contribution in [0.4, 0.5) is 0 Å². The fourth-order valence-electron chi connectivity index (χ4n) is 1.79. The number of carbonyl (C=O) groups excluding carboxylic acids is 1. The fraction of sp³-hybridized carbons (Fsp3) is 0.909. The zero-order chi connectivity index (χ0) is 12.0. The molecule has 0 aromatic rings. The number of aliphatic hydroxyl groups excluding tert-OH is 1. The third kappa shape index (κ3) is 4.47. The van der Waals surface area contributed by atoms with Crippen LogP contribution in [0.2, 0.25) is 0 Å². The van der Waals surface area contributed by atoms with Crippen molar-refractivity contribution >= 4 is 5.91 Å². The lowest BCUT2D eigenvalue weighted by molar-refractivity contribution is -0.131. The molecule has 3 atom stereocenters. The Labute approximate surface area is 96.3 Å². The Balaban J connectivity index is 2.11. The Kier molecular flexibility index (Phi) is 5.73. The minimum Gasteiger partial charge on any atom is -0.393 e. The molecule has 1 rings (SSSR count). The van der Waals surface area contributed by atoms with E-state index in [1.807, 2.05) is 0 Å². The first-order valence-electron chi connectivity index (χ1n) is 5.94. The van der Waals surface area contributed by atoms with E-state index >= 15 is 0 Å². The van der Waals surface area contributed by atoms with Crippen molar-refractivity contribution in [1.82, 2.24) is 5.32 Å². The van der Waals surface area contributed by atoms with Gasteiger partial charge in [0.1, 0.15) is 6.10 Å². The van der Waals surface area contributed by atoms with Crippen LogP contribution in [0.15, 0.2) is 0 Å². The molecule has 4 N–H and O–H groups in total. The molecule has 0 saturated carbocycles. The van der Waals surface area contributed by atoms with Gasteiger partial charge in [-0.1, -0.05) is 0 Å². The summed E-state index contributed by atoms with van der Waals surface area (Å²) >= 11 is 0. The molecule has 0 spiro atoms. The summed E-state index contributed by atoms with van der Waals surface area (Å²) in [6.45, 7) is 2.82. The van der Waals surface area contributed by atoms with E-state index < -0.39 is 0 Å². The van der Waals surface area contributed by atoms with Crippen LogP contribution < -0.4 is 11.1 Å². The molecular weight excluding hydrogens is 208 g/mol. The number of amides is 1. The van der Waals surface area contributed by atoms with Crippen LogP contribution in [0.3, 0.4) is 0 Å². The van der Waals surface area contributed by atoms with E-state index in [1.165, 1.54) is 0 Å². The van der Waals surface area contributed by atoms with Gasteiger partial charge in [0.2, 0.25) is 5.91 Å². The minimum atomic E-state index is -0.333. The van der Waals surface area contributed by atoms with Gasteiger partial charge in [0.25, 0.3) is 0 Å². The first-order valence-corrected chi connectivity index (χ1v) is 5.94. The molecule has 5 heteroatoms. The van der Waals surface area contributed by atoms with E-state index in [4.69, 9.17) is 15.6 Å². The van der Waals surface area contributed by atoms with Crippen molar-refractivity contribution in [3.05, 3.63) is 0 Å². The molecule has 16 heavy (non-hydrogen) atoms. The Bertz CT molecular complexity index is 221. The van der Waals surface area contributed by atoms with Gasteiger partial charge in [-0.25, -0.2) is 0 Å². The van der Waals surface area contributed by atoms with Crippen LogP contribution in [-0.4, -0.2) is 42.4 Å². The molecule has 1 heterocycles. The minimum absolute atomic E-state index is 0.0354. The van der Waals surface area contributed by atoms with Gasteiger partial charge in [0.15, 0.2) is 0 Å². The summed E-state index contributed by atoms with van der Waals surface area (Å²) < 4.78 is 5.46. The average Bonchev–Trinajstić information content (AvgIpc) is 2.72. The van der Waals surface area contributed by atoms with Crippen LogP contribution in [0.25, 0.3) is 0 Å². The summed E-state index contributed by atoms with van der Waals surface area (Å²) in [5, 5.41) is 11.9. The summed E-state index contributed by atoms with van der Waals surface area (Å²) in [5.41, 5.74) is 5.47. The normalized spacial score (nSPS) is 26.7. The summed E-state index contributed by atoms with van der Waals surface area (Å²) in [5.74, 6) is -0.0541. The second kappa shape index (κ2) is 6.83. The molecule has 0 bridgehead atoms. The van der Waals surface area contributed by atoms with Crippen molar-refractivity contribution in [2.75, 3.05) is 13.1 Å². The first-order chi connectivity index (χ1) is 7.63. The first kappa shape index (κ1) is 13.4. The maximum atomic E-state index is 11.6. The summed E-state index contributed by atoms with van der Waals surface area (Å²) in [7, 11) is 0. The monoisotopic (exact) mass is 230 g/mol. The zero-order valence-corrected chi connectivity index (χ0v) is 9.82. The number of nitrogens with one attached hydrogen (secondary N) is 1. The third-order valence-corrected chi connectivity index (χ3v) is 2.76. The number of hydrogen-bond acceptors (Lipinski definition) is 4. The van der Waals surface area contributed by atoms with Gasteiger partial charge in [-0.05, 0) is 32.6 Å². The number of ether oxygens (including phenoxy) is 1. The molecule has 1 aliphatic heterocycles. The van der Waals surface area contributed by atoms with Gasteiger partial charge in [-0.15, -0.1) is 0 Å². The Morgan fingerprint density at radius 1 is 1.62 bits per heavy atom. The summed E-state index contributed by atoms with van der Waals surface area (Å²) in [4.78, 5) is 11.6. The predicted octanol–water partition coefficient (Wildman–Crippen LogP) is -0.230. The van der Waals surface area contributed by atoms with E-state index in [1.54, 1.807) is 6.92 Å². The van der Waals surface area contributed by atoms with E-state index in [2.05, 4.69) is 5.32 Å². The molecule has 0 aliphatic carbocycles. The van der Waals surface area contributed by atoms with Crippen LogP contribution in [-0.2, 0) is 9.53 Å². The predicted molar refractivity (Wildman–Crippen MR) is 60.9 cm³/mol. The molecule has 1 aliphatic rings. The highest BCUT2D eigenvalue weighted by atomic mass is 16.5. The molecule has 3 unspecified atom stereocenters. The number of nitrogens with two attached hydrogens (primary N) is 1. The van der Waals surface area contributed by atoms with Gasteiger partial charge < -0.3 is 20.9 Å². The maximum Gasteiger partial charge on any atom is 0.249 e. The number of rotatable bonds is 6. The highest BCUT2D eigenvalue weighted by Crippen LogP contribution is 2.18. The molecule has 1 amide bonds. The lowest BCUT2D eigenvalue weighted by atomic mass is 10.2. The van der Waals surface area contributed by atoms with E-state index in [0.717, 1.165) is 19.3 Å². The van der Waals surface area contributed by atoms with Crippen LogP contribution in [0, 0.1) is 0 Å². The molecule has 1 fully saturated rings. The highest BCUT2D eigenvalue weighted by Gasteiger charge is 2.29. The molecule has 0 radical (unpaired) electrons. The molecule has 5 nitrogen and oxygen atoms in total. The van der Waals surface area contributed by atoms with Gasteiger partial charge in [-0.3, -0.25) is 4.79 Å². The lowest BCUT2D eigenvalue weighted by Crippen LogP contribution is -2.36.